The van der Waals surface area contributed by atoms with Gasteiger partial charge in [0.05, 0.1) is 0 Å². The summed E-state index contributed by atoms with van der Waals surface area (Å²) in [4.78, 5) is 24.9. The predicted molar refractivity (Wildman–Crippen MR) is 208 cm³/mol. The number of carbonyl (C=O) groups is 2. The largest absolute Gasteiger partial charge is 0.463 e. The van der Waals surface area contributed by atoms with E-state index in [1.807, 2.05) is 0 Å². The van der Waals surface area contributed by atoms with E-state index in [9.17, 15) is 19.8 Å². The SMILES string of the molecule is CCCCCCCCCCCCCCCCCC(=O)OCC1O[C@@H](OC)C(OC(=O)CCCCCCCCCCCCCCCCC)C(O)C1O. The fourth-order valence-corrected chi connectivity index (χ4v) is 7.10. The van der Waals surface area contributed by atoms with Crippen LogP contribution in [0, 0.1) is 0 Å². The molecule has 8 nitrogen and oxygen atoms in total. The van der Waals surface area contributed by atoms with Crippen molar-refractivity contribution in [3.8, 4) is 0 Å². The second kappa shape index (κ2) is 34.5. The Bertz CT molecular complexity index is 788. The summed E-state index contributed by atoms with van der Waals surface area (Å²) < 4.78 is 22.0. The van der Waals surface area contributed by atoms with Crippen molar-refractivity contribution < 1.29 is 38.7 Å². The molecular formula is C43H82O8. The average Bonchev–Trinajstić information content (AvgIpc) is 3.13. The Kier molecular flexibility index (Phi) is 32.4. The Balaban J connectivity index is 2.07. The fraction of sp³-hybridized carbons (Fsp3) is 0.953. The first kappa shape index (κ1) is 47.8. The van der Waals surface area contributed by atoms with Crippen LogP contribution in [0.2, 0.25) is 0 Å². The topological polar surface area (TPSA) is 112 Å². The minimum atomic E-state index is -1.41. The molecule has 5 atom stereocenters. The predicted octanol–water partition coefficient (Wildman–Crippen LogP) is 11.1. The van der Waals surface area contributed by atoms with Crippen LogP contribution in [0.3, 0.4) is 0 Å². The summed E-state index contributed by atoms with van der Waals surface area (Å²) in [6, 6.07) is 0. The molecule has 1 aliphatic heterocycles. The number of esters is 2. The molecular weight excluding hydrogens is 644 g/mol. The number of unbranched alkanes of at least 4 members (excludes halogenated alkanes) is 28. The minimum absolute atomic E-state index is 0.199. The third kappa shape index (κ3) is 26.2. The summed E-state index contributed by atoms with van der Waals surface area (Å²) in [5.74, 6) is -0.791. The standard InChI is InChI=1S/C43H82O8/c1-4-6-8-10-12-14-16-18-20-22-24-26-28-30-32-34-38(44)49-36-37-40(46)41(47)42(43(48-3)50-37)51-39(45)35-33-31-29-27-25-23-21-19-17-15-13-11-9-7-5-2/h37,40-43,46-47H,4-36H2,1-3H3/t37?,40?,41?,42?,43-/m1/s1. The zero-order chi connectivity index (χ0) is 37.2. The van der Waals surface area contributed by atoms with E-state index >= 15 is 0 Å². The molecule has 0 spiro atoms. The van der Waals surface area contributed by atoms with Gasteiger partial charge in [0, 0.05) is 20.0 Å². The van der Waals surface area contributed by atoms with Crippen molar-refractivity contribution in [2.45, 2.75) is 250 Å². The molecule has 0 aromatic heterocycles. The summed E-state index contributed by atoms with van der Waals surface area (Å²) in [6.07, 6.45) is 32.3. The van der Waals surface area contributed by atoms with Gasteiger partial charge in [-0.2, -0.15) is 0 Å². The maximum absolute atomic E-state index is 12.5. The first-order chi connectivity index (χ1) is 24.9. The lowest BCUT2D eigenvalue weighted by Gasteiger charge is -2.41. The first-order valence-electron chi connectivity index (χ1n) is 21.8. The van der Waals surface area contributed by atoms with Crippen molar-refractivity contribution >= 4 is 11.9 Å². The summed E-state index contributed by atoms with van der Waals surface area (Å²) in [6.45, 7) is 4.33. The Morgan fingerprint density at radius 3 is 1.18 bits per heavy atom. The van der Waals surface area contributed by atoms with E-state index in [4.69, 9.17) is 18.9 Å². The van der Waals surface area contributed by atoms with E-state index in [1.54, 1.807) is 0 Å². The van der Waals surface area contributed by atoms with E-state index < -0.39 is 36.7 Å². The molecule has 0 aliphatic carbocycles. The molecule has 51 heavy (non-hydrogen) atoms. The number of rotatable bonds is 36. The first-order valence-corrected chi connectivity index (χ1v) is 21.8. The molecule has 4 unspecified atom stereocenters. The fourth-order valence-electron chi connectivity index (χ4n) is 7.10. The van der Waals surface area contributed by atoms with E-state index in [0.717, 1.165) is 38.5 Å². The van der Waals surface area contributed by atoms with Crippen LogP contribution in [-0.4, -0.2) is 66.6 Å². The molecule has 8 heteroatoms. The number of hydrogen-bond acceptors (Lipinski definition) is 8. The number of hydrogen-bond donors (Lipinski definition) is 2. The number of carbonyl (C=O) groups excluding carboxylic acids is 2. The van der Waals surface area contributed by atoms with Crippen molar-refractivity contribution in [1.29, 1.82) is 0 Å². The van der Waals surface area contributed by atoms with Gasteiger partial charge in [-0.3, -0.25) is 9.59 Å². The van der Waals surface area contributed by atoms with Gasteiger partial charge in [0.15, 0.2) is 12.4 Å². The maximum atomic E-state index is 12.5. The second-order valence-corrected chi connectivity index (χ2v) is 15.3. The van der Waals surface area contributed by atoms with Gasteiger partial charge in [0.1, 0.15) is 24.9 Å². The van der Waals surface area contributed by atoms with Gasteiger partial charge in [-0.15, -0.1) is 0 Å². The third-order valence-electron chi connectivity index (χ3n) is 10.5. The van der Waals surface area contributed by atoms with Gasteiger partial charge < -0.3 is 29.2 Å². The van der Waals surface area contributed by atoms with Gasteiger partial charge in [-0.1, -0.05) is 194 Å². The summed E-state index contributed by atoms with van der Waals surface area (Å²) in [5.41, 5.74) is 0. The van der Waals surface area contributed by atoms with Crippen molar-refractivity contribution in [3.05, 3.63) is 0 Å². The van der Waals surface area contributed by atoms with Gasteiger partial charge in [0.25, 0.3) is 0 Å². The molecule has 0 aromatic rings. The van der Waals surface area contributed by atoms with Crippen LogP contribution in [0.1, 0.15) is 219 Å². The number of ether oxygens (including phenoxy) is 4. The summed E-state index contributed by atoms with van der Waals surface area (Å²) >= 11 is 0. The van der Waals surface area contributed by atoms with Gasteiger partial charge >= 0.3 is 11.9 Å². The lowest BCUT2D eigenvalue weighted by Crippen LogP contribution is -2.60. The van der Waals surface area contributed by atoms with Crippen molar-refractivity contribution in [3.63, 3.8) is 0 Å². The lowest BCUT2D eigenvalue weighted by molar-refractivity contribution is -0.298. The van der Waals surface area contributed by atoms with Gasteiger partial charge in [0.2, 0.25) is 0 Å². The summed E-state index contributed by atoms with van der Waals surface area (Å²) in [5, 5.41) is 21.4. The zero-order valence-corrected chi connectivity index (χ0v) is 33.6. The smallest absolute Gasteiger partial charge is 0.306 e. The molecule has 2 N–H and O–H groups in total. The molecule has 0 bridgehead atoms. The molecule has 0 aromatic carbocycles. The highest BCUT2D eigenvalue weighted by Gasteiger charge is 2.47. The van der Waals surface area contributed by atoms with Crippen molar-refractivity contribution in [2.75, 3.05) is 13.7 Å². The van der Waals surface area contributed by atoms with Crippen molar-refractivity contribution in [1.82, 2.24) is 0 Å². The Labute approximate surface area is 313 Å². The highest BCUT2D eigenvalue weighted by Crippen LogP contribution is 2.26. The monoisotopic (exact) mass is 727 g/mol. The van der Waals surface area contributed by atoms with E-state index in [2.05, 4.69) is 13.8 Å². The molecule has 0 saturated carbocycles. The van der Waals surface area contributed by atoms with Crippen LogP contribution >= 0.6 is 0 Å². The highest BCUT2D eigenvalue weighted by molar-refractivity contribution is 5.69. The second-order valence-electron chi connectivity index (χ2n) is 15.3. The summed E-state index contributed by atoms with van der Waals surface area (Å²) in [7, 11) is 1.39. The Hall–Kier alpha value is -1.22. The quantitative estimate of drug-likeness (QED) is 0.0485. The third-order valence-corrected chi connectivity index (χ3v) is 10.5. The van der Waals surface area contributed by atoms with E-state index in [1.165, 1.54) is 161 Å². The van der Waals surface area contributed by atoms with E-state index in [0.29, 0.717) is 6.42 Å². The van der Waals surface area contributed by atoms with Crippen LogP contribution in [0.25, 0.3) is 0 Å². The number of aliphatic hydroxyl groups is 2. The molecule has 1 rings (SSSR count). The molecule has 1 aliphatic rings. The normalized spacial score (nSPS) is 20.5. The molecule has 0 amide bonds. The molecule has 1 fully saturated rings. The van der Waals surface area contributed by atoms with Crippen LogP contribution in [-0.2, 0) is 28.5 Å². The Morgan fingerprint density at radius 2 is 0.824 bits per heavy atom. The van der Waals surface area contributed by atoms with E-state index in [-0.39, 0.29) is 19.0 Å². The van der Waals surface area contributed by atoms with Gasteiger partial charge in [-0.25, -0.2) is 0 Å². The van der Waals surface area contributed by atoms with Crippen molar-refractivity contribution in [2.24, 2.45) is 0 Å². The highest BCUT2D eigenvalue weighted by atomic mass is 16.7. The average molecular weight is 727 g/mol. The van der Waals surface area contributed by atoms with Crippen LogP contribution in [0.4, 0.5) is 0 Å². The number of aliphatic hydroxyl groups excluding tert-OH is 2. The minimum Gasteiger partial charge on any atom is -0.463 e. The van der Waals surface area contributed by atoms with Crippen LogP contribution < -0.4 is 0 Å². The van der Waals surface area contributed by atoms with Crippen LogP contribution in [0.15, 0.2) is 0 Å². The molecule has 1 heterocycles. The van der Waals surface area contributed by atoms with Gasteiger partial charge in [-0.05, 0) is 12.8 Å². The van der Waals surface area contributed by atoms with Crippen LogP contribution in [0.5, 0.6) is 0 Å². The lowest BCUT2D eigenvalue weighted by atomic mass is 9.99. The molecule has 0 radical (unpaired) electrons. The zero-order valence-electron chi connectivity index (χ0n) is 33.6. The molecule has 302 valence electrons. The molecule has 1 saturated heterocycles. The Morgan fingerprint density at radius 1 is 0.490 bits per heavy atom. The maximum Gasteiger partial charge on any atom is 0.306 e. The number of methoxy groups -OCH3 is 1.